The van der Waals surface area contributed by atoms with Crippen molar-refractivity contribution < 1.29 is 18.7 Å². The Bertz CT molecular complexity index is 749. The molecule has 25 heavy (non-hydrogen) atoms. The number of thiocarbonyl (C=S) groups is 1. The molecule has 0 atom stereocenters. The van der Waals surface area contributed by atoms with E-state index in [4.69, 9.17) is 26.1 Å². The third kappa shape index (κ3) is 3.85. The second kappa shape index (κ2) is 7.97. The van der Waals surface area contributed by atoms with Crippen LogP contribution in [-0.2, 0) is 14.3 Å². The number of hydrogen-bond acceptors (Lipinski definition) is 9. The lowest BCUT2D eigenvalue weighted by Gasteiger charge is -2.25. The predicted octanol–water partition coefficient (Wildman–Crippen LogP) is 1.23. The maximum absolute atomic E-state index is 12.4. The number of thioether (sulfide) groups is 1. The second-order valence-electron chi connectivity index (χ2n) is 5.24. The summed E-state index contributed by atoms with van der Waals surface area (Å²) in [7, 11) is 1.57. The molecule has 132 valence electrons. The molecule has 0 aliphatic carbocycles. The minimum Gasteiger partial charge on any atom is -0.420 e. The van der Waals surface area contributed by atoms with Crippen LogP contribution in [0.2, 0.25) is 0 Å². The molecule has 0 bridgehead atoms. The summed E-state index contributed by atoms with van der Waals surface area (Å²) in [5, 5.41) is 9.29. The molecule has 1 aromatic heterocycles. The first-order chi connectivity index (χ1) is 12.1. The van der Waals surface area contributed by atoms with E-state index >= 15 is 0 Å². The van der Waals surface area contributed by atoms with Crippen LogP contribution in [0, 0.1) is 11.3 Å². The number of nitrogens with zero attached hydrogens (tertiary/aromatic N) is 4. The van der Waals surface area contributed by atoms with Crippen molar-refractivity contribution in [1.29, 1.82) is 5.26 Å². The molecule has 0 N–H and O–H groups in total. The van der Waals surface area contributed by atoms with E-state index in [2.05, 4.69) is 4.98 Å². The number of rotatable bonds is 5. The van der Waals surface area contributed by atoms with Crippen LogP contribution in [0.15, 0.2) is 9.32 Å². The molecule has 3 heterocycles. The number of hydrogen-bond donors (Lipinski definition) is 0. The second-order valence-corrected chi connectivity index (χ2v) is 6.92. The first-order valence-corrected chi connectivity index (χ1v) is 8.84. The maximum atomic E-state index is 12.4. The van der Waals surface area contributed by atoms with Crippen molar-refractivity contribution in [2.75, 3.05) is 51.5 Å². The smallest absolute Gasteiger partial charge is 0.266 e. The molecule has 2 saturated heterocycles. The molecule has 1 amide bonds. The molecule has 2 aliphatic rings. The van der Waals surface area contributed by atoms with Crippen LogP contribution in [0.4, 0.5) is 5.88 Å². The van der Waals surface area contributed by atoms with E-state index in [1.165, 1.54) is 22.7 Å². The van der Waals surface area contributed by atoms with Crippen molar-refractivity contribution in [2.45, 2.75) is 0 Å². The SMILES string of the molecule is COCCN1C(=O)/C(=C\c2nc(C#N)c(N3CCOCC3)o2)SC1=S. The summed E-state index contributed by atoms with van der Waals surface area (Å²) in [6, 6.07) is 2.03. The average Bonchev–Trinajstić information content (AvgIpc) is 3.15. The van der Waals surface area contributed by atoms with E-state index in [0.717, 1.165) is 0 Å². The van der Waals surface area contributed by atoms with Crippen LogP contribution in [0.1, 0.15) is 11.6 Å². The lowest BCUT2D eigenvalue weighted by Crippen LogP contribution is -2.36. The number of morpholine rings is 1. The van der Waals surface area contributed by atoms with E-state index in [0.29, 0.717) is 54.6 Å². The summed E-state index contributed by atoms with van der Waals surface area (Å²) in [6.45, 7) is 3.19. The van der Waals surface area contributed by atoms with Crippen LogP contribution < -0.4 is 4.90 Å². The monoisotopic (exact) mass is 380 g/mol. The summed E-state index contributed by atoms with van der Waals surface area (Å²) in [5.74, 6) is 0.411. The predicted molar refractivity (Wildman–Crippen MR) is 96.0 cm³/mol. The van der Waals surface area contributed by atoms with Crippen LogP contribution in [0.5, 0.6) is 0 Å². The molecule has 2 aliphatic heterocycles. The number of methoxy groups -OCH3 is 1. The Kier molecular flexibility index (Phi) is 5.70. The highest BCUT2D eigenvalue weighted by Gasteiger charge is 2.32. The minimum absolute atomic E-state index is 0.197. The average molecular weight is 380 g/mol. The van der Waals surface area contributed by atoms with Gasteiger partial charge in [-0.3, -0.25) is 9.69 Å². The van der Waals surface area contributed by atoms with Crippen LogP contribution in [-0.4, -0.2) is 66.7 Å². The summed E-state index contributed by atoms with van der Waals surface area (Å²) in [5.41, 5.74) is 0.197. The van der Waals surface area contributed by atoms with E-state index in [1.807, 2.05) is 11.0 Å². The number of aromatic nitrogens is 1. The molecule has 0 unspecified atom stereocenters. The summed E-state index contributed by atoms with van der Waals surface area (Å²) in [4.78, 5) is 20.4. The first kappa shape index (κ1) is 17.9. The molecular weight excluding hydrogens is 364 g/mol. The van der Waals surface area contributed by atoms with E-state index in [9.17, 15) is 10.1 Å². The van der Waals surface area contributed by atoms with Crippen molar-refractivity contribution in [2.24, 2.45) is 0 Å². The van der Waals surface area contributed by atoms with Gasteiger partial charge in [0.05, 0.1) is 31.3 Å². The Morgan fingerprint density at radius 1 is 1.48 bits per heavy atom. The lowest BCUT2D eigenvalue weighted by molar-refractivity contribution is -0.122. The topological polar surface area (TPSA) is 91.8 Å². The fourth-order valence-corrected chi connectivity index (χ4v) is 3.70. The Balaban J connectivity index is 1.82. The summed E-state index contributed by atoms with van der Waals surface area (Å²) < 4.78 is 16.5. The Labute approximate surface area is 154 Å². The Hall–Kier alpha value is -1.93. The normalized spacial score (nSPS) is 19.8. The van der Waals surface area contributed by atoms with E-state index in [-0.39, 0.29) is 17.5 Å². The number of anilines is 1. The summed E-state index contributed by atoms with van der Waals surface area (Å²) >= 11 is 6.41. The highest BCUT2D eigenvalue weighted by Crippen LogP contribution is 2.33. The molecule has 8 nitrogen and oxygen atoms in total. The molecule has 2 fully saturated rings. The lowest BCUT2D eigenvalue weighted by atomic mass is 10.4. The van der Waals surface area contributed by atoms with Gasteiger partial charge in [-0.25, -0.2) is 0 Å². The van der Waals surface area contributed by atoms with Gasteiger partial charge in [0.25, 0.3) is 5.91 Å². The van der Waals surface area contributed by atoms with Crippen molar-refractivity contribution in [3.63, 3.8) is 0 Å². The summed E-state index contributed by atoms with van der Waals surface area (Å²) in [6.07, 6.45) is 1.52. The quantitative estimate of drug-likeness (QED) is 0.552. The highest BCUT2D eigenvalue weighted by atomic mass is 32.2. The van der Waals surface area contributed by atoms with Crippen molar-refractivity contribution in [3.05, 3.63) is 16.5 Å². The maximum Gasteiger partial charge on any atom is 0.266 e. The fraction of sp³-hybridized carbons (Fsp3) is 0.467. The van der Waals surface area contributed by atoms with Gasteiger partial charge in [0, 0.05) is 26.3 Å². The number of carbonyl (C=O) groups is 1. The molecule has 0 spiro atoms. The number of amides is 1. The molecule has 1 aromatic rings. The van der Waals surface area contributed by atoms with Gasteiger partial charge in [-0.1, -0.05) is 24.0 Å². The van der Waals surface area contributed by atoms with Crippen molar-refractivity contribution in [1.82, 2.24) is 9.88 Å². The van der Waals surface area contributed by atoms with Gasteiger partial charge >= 0.3 is 0 Å². The number of ether oxygens (including phenoxy) is 2. The van der Waals surface area contributed by atoms with Gasteiger partial charge in [0.15, 0.2) is 0 Å². The van der Waals surface area contributed by atoms with Crippen LogP contribution in [0.3, 0.4) is 0 Å². The van der Waals surface area contributed by atoms with E-state index < -0.39 is 0 Å². The number of nitriles is 1. The molecular formula is C15H16N4O4S2. The van der Waals surface area contributed by atoms with Gasteiger partial charge < -0.3 is 18.8 Å². The molecule has 0 saturated carbocycles. The van der Waals surface area contributed by atoms with Crippen molar-refractivity contribution in [3.8, 4) is 6.07 Å². The van der Waals surface area contributed by atoms with Gasteiger partial charge in [-0.05, 0) is 0 Å². The Morgan fingerprint density at radius 3 is 2.92 bits per heavy atom. The number of oxazole rings is 1. The van der Waals surface area contributed by atoms with E-state index in [1.54, 1.807) is 7.11 Å². The number of carbonyl (C=O) groups excluding carboxylic acids is 1. The molecule has 3 rings (SSSR count). The van der Waals surface area contributed by atoms with Crippen molar-refractivity contribution >= 4 is 46.2 Å². The van der Waals surface area contributed by atoms with Gasteiger partial charge in [-0.15, -0.1) is 0 Å². The zero-order valence-electron chi connectivity index (χ0n) is 13.6. The Morgan fingerprint density at radius 2 is 2.24 bits per heavy atom. The minimum atomic E-state index is -0.211. The van der Waals surface area contributed by atoms with Gasteiger partial charge in [-0.2, -0.15) is 10.2 Å². The van der Waals surface area contributed by atoms with Gasteiger partial charge in [0.2, 0.25) is 17.5 Å². The van der Waals surface area contributed by atoms with Crippen LogP contribution >= 0.6 is 24.0 Å². The highest BCUT2D eigenvalue weighted by molar-refractivity contribution is 8.26. The van der Waals surface area contributed by atoms with Crippen LogP contribution in [0.25, 0.3) is 6.08 Å². The molecule has 0 radical (unpaired) electrons. The largest absolute Gasteiger partial charge is 0.420 e. The fourth-order valence-electron chi connectivity index (χ4n) is 2.43. The van der Waals surface area contributed by atoms with Gasteiger partial charge in [0.1, 0.15) is 10.4 Å². The first-order valence-electron chi connectivity index (χ1n) is 7.62. The zero-order valence-corrected chi connectivity index (χ0v) is 15.2. The molecule has 10 heteroatoms. The third-order valence-corrected chi connectivity index (χ3v) is 5.05. The standard InChI is InChI=1S/C15H16N4O4S2/c1-21-5-4-19-13(20)11(25-15(19)24)8-12-17-10(9-16)14(23-12)18-2-6-22-7-3-18/h8H,2-7H2,1H3/b11-8+. The molecule has 0 aromatic carbocycles. The zero-order chi connectivity index (χ0) is 17.8. The third-order valence-electron chi connectivity index (χ3n) is 3.68.